The number of aryl methyl sites for hydroxylation is 1. The number of aromatic nitrogens is 1. The lowest BCUT2D eigenvalue weighted by Crippen LogP contribution is -2.21. The first-order valence-electron chi connectivity index (χ1n) is 5.71. The summed E-state index contributed by atoms with van der Waals surface area (Å²) in [5.41, 5.74) is 8.84. The van der Waals surface area contributed by atoms with Crippen LogP contribution in [-0.2, 0) is 6.42 Å². The molecule has 0 amide bonds. The van der Waals surface area contributed by atoms with Crippen molar-refractivity contribution in [3.63, 3.8) is 0 Å². The van der Waals surface area contributed by atoms with E-state index >= 15 is 0 Å². The molecule has 1 aromatic carbocycles. The lowest BCUT2D eigenvalue weighted by atomic mass is 10.0. The molecule has 1 aliphatic carbocycles. The minimum absolute atomic E-state index is 0.148. The van der Waals surface area contributed by atoms with Crippen LogP contribution in [0.1, 0.15) is 24.8 Å². The van der Waals surface area contributed by atoms with Gasteiger partial charge in [0.1, 0.15) is 0 Å². The summed E-state index contributed by atoms with van der Waals surface area (Å²) in [6.45, 7) is 0. The smallest absolute Gasteiger partial charge is 0.0601 e. The van der Waals surface area contributed by atoms with Crippen LogP contribution >= 0.6 is 15.9 Å². The van der Waals surface area contributed by atoms with Crippen molar-refractivity contribution < 1.29 is 0 Å². The summed E-state index contributed by atoms with van der Waals surface area (Å²) in [6.07, 6.45) is 6.68. The van der Waals surface area contributed by atoms with E-state index in [1.165, 1.54) is 29.3 Å². The van der Waals surface area contributed by atoms with Crippen molar-refractivity contribution in [1.29, 1.82) is 0 Å². The molecule has 3 rings (SSSR count). The van der Waals surface area contributed by atoms with Crippen LogP contribution in [0.25, 0.3) is 10.9 Å². The monoisotopic (exact) mass is 278 g/mol. The third kappa shape index (κ3) is 1.78. The van der Waals surface area contributed by atoms with E-state index < -0.39 is 0 Å². The van der Waals surface area contributed by atoms with E-state index in [2.05, 4.69) is 45.3 Å². The molecule has 0 bridgehead atoms. The van der Waals surface area contributed by atoms with Crippen molar-refractivity contribution in [2.75, 3.05) is 0 Å². The molecule has 1 heterocycles. The second-order valence-electron chi connectivity index (χ2n) is 4.84. The van der Waals surface area contributed by atoms with E-state index in [9.17, 15) is 0 Å². The predicted octanol–water partition coefficient (Wildman–Crippen LogP) is 3.35. The van der Waals surface area contributed by atoms with Crippen molar-refractivity contribution in [1.82, 2.24) is 4.98 Å². The van der Waals surface area contributed by atoms with E-state index in [1.54, 1.807) is 0 Å². The van der Waals surface area contributed by atoms with E-state index in [1.807, 2.05) is 0 Å². The van der Waals surface area contributed by atoms with Gasteiger partial charge in [-0.1, -0.05) is 12.1 Å². The van der Waals surface area contributed by atoms with Crippen LogP contribution in [0.2, 0.25) is 0 Å². The minimum atomic E-state index is 0.148. The highest BCUT2D eigenvalue weighted by atomic mass is 79.9. The van der Waals surface area contributed by atoms with Gasteiger partial charge in [-0.05, 0) is 53.2 Å². The molecule has 3 N–H and O–H groups in total. The second kappa shape index (κ2) is 3.60. The summed E-state index contributed by atoms with van der Waals surface area (Å²) in [6, 6.07) is 6.31. The van der Waals surface area contributed by atoms with Gasteiger partial charge in [0.2, 0.25) is 0 Å². The number of hydrogen-bond donors (Lipinski definition) is 2. The number of halogens is 1. The van der Waals surface area contributed by atoms with Gasteiger partial charge in [-0.25, -0.2) is 0 Å². The zero-order valence-corrected chi connectivity index (χ0v) is 10.7. The molecule has 0 aliphatic heterocycles. The highest BCUT2D eigenvalue weighted by Crippen LogP contribution is 2.37. The molecule has 0 spiro atoms. The van der Waals surface area contributed by atoms with Crippen LogP contribution in [0.5, 0.6) is 0 Å². The number of rotatable bonds is 3. The zero-order valence-electron chi connectivity index (χ0n) is 9.09. The Morgan fingerprint density at radius 2 is 2.19 bits per heavy atom. The van der Waals surface area contributed by atoms with E-state index in [0.717, 1.165) is 17.3 Å². The molecule has 0 radical (unpaired) electrons. The van der Waals surface area contributed by atoms with Crippen LogP contribution < -0.4 is 5.73 Å². The first-order valence-corrected chi connectivity index (χ1v) is 6.51. The number of fused-ring (bicyclic) bond motifs is 1. The van der Waals surface area contributed by atoms with Crippen molar-refractivity contribution in [2.24, 2.45) is 5.73 Å². The molecule has 1 saturated carbocycles. The third-order valence-electron chi connectivity index (χ3n) is 3.53. The maximum atomic E-state index is 6.12. The van der Waals surface area contributed by atoms with Gasteiger partial charge in [-0.15, -0.1) is 0 Å². The Hall–Kier alpha value is -0.800. The van der Waals surface area contributed by atoms with Gasteiger partial charge in [0.05, 0.1) is 5.52 Å². The Morgan fingerprint density at radius 3 is 2.94 bits per heavy atom. The van der Waals surface area contributed by atoms with Crippen LogP contribution in [0.15, 0.2) is 28.9 Å². The van der Waals surface area contributed by atoms with Gasteiger partial charge >= 0.3 is 0 Å². The minimum Gasteiger partial charge on any atom is -0.360 e. The first-order chi connectivity index (χ1) is 7.68. The number of aromatic amines is 1. The quantitative estimate of drug-likeness (QED) is 0.888. The fraction of sp³-hybridized carbons (Fsp3) is 0.385. The molecule has 2 nitrogen and oxygen atoms in total. The molecule has 84 valence electrons. The Labute approximate surface area is 103 Å². The average Bonchev–Trinajstić information content (AvgIpc) is 2.86. The standard InChI is InChI=1S/C13H15BrN2/c14-11-3-1-2-10-9(8-16-12(10)11)4-5-13(15)6-7-13/h1-3,8,16H,4-7,15H2. The normalized spacial score (nSPS) is 17.9. The zero-order chi connectivity index (χ0) is 11.2. The van der Waals surface area contributed by atoms with Crippen LogP contribution in [-0.4, -0.2) is 10.5 Å². The number of nitrogens with one attached hydrogen (secondary N) is 1. The highest BCUT2D eigenvalue weighted by molar-refractivity contribution is 9.10. The third-order valence-corrected chi connectivity index (χ3v) is 4.20. The van der Waals surface area contributed by atoms with Crippen molar-refractivity contribution >= 4 is 26.8 Å². The predicted molar refractivity (Wildman–Crippen MR) is 70.5 cm³/mol. The topological polar surface area (TPSA) is 41.8 Å². The molecule has 2 aromatic rings. The summed E-state index contributed by atoms with van der Waals surface area (Å²) in [5.74, 6) is 0. The molecule has 0 saturated heterocycles. The number of H-pyrrole nitrogens is 1. The molecule has 1 aromatic heterocycles. The lowest BCUT2D eigenvalue weighted by Gasteiger charge is -2.06. The number of nitrogens with two attached hydrogens (primary N) is 1. The number of hydrogen-bond acceptors (Lipinski definition) is 1. The van der Waals surface area contributed by atoms with Gasteiger partial charge in [-0.3, -0.25) is 0 Å². The summed E-state index contributed by atoms with van der Waals surface area (Å²) >= 11 is 3.56. The summed E-state index contributed by atoms with van der Waals surface area (Å²) in [5, 5.41) is 1.32. The van der Waals surface area contributed by atoms with Gasteiger partial charge in [-0.2, -0.15) is 0 Å². The summed E-state index contributed by atoms with van der Waals surface area (Å²) in [7, 11) is 0. The van der Waals surface area contributed by atoms with Gasteiger partial charge in [0, 0.05) is 21.6 Å². The SMILES string of the molecule is NC1(CCc2c[nH]c3c(Br)cccc23)CC1. The number of benzene rings is 1. The molecule has 0 atom stereocenters. The average molecular weight is 279 g/mol. The van der Waals surface area contributed by atoms with Crippen molar-refractivity contribution in [3.8, 4) is 0 Å². The highest BCUT2D eigenvalue weighted by Gasteiger charge is 2.37. The fourth-order valence-electron chi connectivity index (χ4n) is 2.18. The molecule has 1 fully saturated rings. The Kier molecular flexibility index (Phi) is 2.33. The number of para-hydroxylation sites is 1. The molecular formula is C13H15BrN2. The van der Waals surface area contributed by atoms with Gasteiger partial charge in [0.15, 0.2) is 0 Å². The largest absolute Gasteiger partial charge is 0.360 e. The first kappa shape index (κ1) is 10.4. The van der Waals surface area contributed by atoms with Crippen LogP contribution in [0, 0.1) is 0 Å². The second-order valence-corrected chi connectivity index (χ2v) is 5.69. The molecular weight excluding hydrogens is 264 g/mol. The van der Waals surface area contributed by atoms with E-state index in [-0.39, 0.29) is 5.54 Å². The Morgan fingerprint density at radius 1 is 1.38 bits per heavy atom. The van der Waals surface area contributed by atoms with Crippen LogP contribution in [0.4, 0.5) is 0 Å². The van der Waals surface area contributed by atoms with Crippen molar-refractivity contribution in [2.45, 2.75) is 31.2 Å². The van der Waals surface area contributed by atoms with Crippen molar-refractivity contribution in [3.05, 3.63) is 34.4 Å². The van der Waals surface area contributed by atoms with E-state index in [4.69, 9.17) is 5.73 Å². The summed E-state index contributed by atoms with van der Waals surface area (Å²) in [4.78, 5) is 3.33. The van der Waals surface area contributed by atoms with E-state index in [0.29, 0.717) is 0 Å². The van der Waals surface area contributed by atoms with Gasteiger partial charge < -0.3 is 10.7 Å². The maximum Gasteiger partial charge on any atom is 0.0601 e. The molecule has 3 heteroatoms. The molecule has 16 heavy (non-hydrogen) atoms. The Balaban J connectivity index is 1.89. The fourth-order valence-corrected chi connectivity index (χ4v) is 2.66. The van der Waals surface area contributed by atoms with Gasteiger partial charge in [0.25, 0.3) is 0 Å². The lowest BCUT2D eigenvalue weighted by molar-refractivity contribution is 0.610. The maximum absolute atomic E-state index is 6.12. The summed E-state index contributed by atoms with van der Waals surface area (Å²) < 4.78 is 1.13. The van der Waals surface area contributed by atoms with Crippen LogP contribution in [0.3, 0.4) is 0 Å². The Bertz CT molecular complexity index is 526. The molecule has 0 unspecified atom stereocenters. The molecule has 1 aliphatic rings.